The molecule has 0 N–H and O–H groups in total. The van der Waals surface area contributed by atoms with Crippen molar-refractivity contribution < 1.29 is 9.59 Å². The van der Waals surface area contributed by atoms with Crippen LogP contribution in [0.3, 0.4) is 0 Å². The van der Waals surface area contributed by atoms with Gasteiger partial charge >= 0.3 is 0 Å². The van der Waals surface area contributed by atoms with E-state index in [2.05, 4.69) is 6.92 Å². The van der Waals surface area contributed by atoms with Crippen molar-refractivity contribution in [1.29, 1.82) is 0 Å². The fourth-order valence-electron chi connectivity index (χ4n) is 3.16. The predicted molar refractivity (Wildman–Crippen MR) is 91.6 cm³/mol. The van der Waals surface area contributed by atoms with Gasteiger partial charge in [-0.05, 0) is 38.5 Å². The quantitative estimate of drug-likeness (QED) is 0.750. The largest absolute Gasteiger partial charge is 0.341 e. The lowest BCUT2D eigenvalue weighted by Crippen LogP contribution is -2.49. The van der Waals surface area contributed by atoms with Crippen LogP contribution in [0.2, 0.25) is 0 Å². The Morgan fingerprint density at radius 1 is 1.27 bits per heavy atom. The Labute approximate surface area is 138 Å². The first-order valence-corrected chi connectivity index (χ1v) is 9.54. The van der Waals surface area contributed by atoms with Crippen molar-refractivity contribution in [1.82, 2.24) is 9.80 Å². The summed E-state index contributed by atoms with van der Waals surface area (Å²) in [6.07, 6.45) is 6.15. The van der Waals surface area contributed by atoms with Crippen LogP contribution < -0.4 is 0 Å². The molecular weight excluding hydrogens is 296 g/mol. The lowest BCUT2D eigenvalue weighted by atomic mass is 10.0. The third kappa shape index (κ3) is 4.06. The van der Waals surface area contributed by atoms with E-state index in [0.29, 0.717) is 11.8 Å². The number of likely N-dealkylation sites (tertiary alicyclic amines) is 1. The number of nitrogens with zero attached hydrogens (tertiary/aromatic N) is 2. The molecule has 124 valence electrons. The van der Waals surface area contributed by atoms with Crippen molar-refractivity contribution in [2.24, 2.45) is 5.92 Å². The molecule has 0 aliphatic carbocycles. The minimum absolute atomic E-state index is 0.0217. The Bertz CT molecular complexity index is 450. The van der Waals surface area contributed by atoms with Gasteiger partial charge in [0.25, 0.3) is 5.91 Å². The summed E-state index contributed by atoms with van der Waals surface area (Å²) < 4.78 is 0. The summed E-state index contributed by atoms with van der Waals surface area (Å²) >= 11 is 1.68. The van der Waals surface area contributed by atoms with Gasteiger partial charge in [0.05, 0.1) is 5.88 Å². The first-order chi connectivity index (χ1) is 10.5. The van der Waals surface area contributed by atoms with Crippen LogP contribution in [0.15, 0.2) is 11.6 Å². The van der Waals surface area contributed by atoms with Crippen molar-refractivity contribution >= 4 is 23.6 Å². The van der Waals surface area contributed by atoms with Gasteiger partial charge in [0.2, 0.25) is 5.91 Å². The molecule has 4 nitrogen and oxygen atoms in total. The van der Waals surface area contributed by atoms with Gasteiger partial charge in [0.15, 0.2) is 0 Å². The van der Waals surface area contributed by atoms with Crippen LogP contribution in [0.4, 0.5) is 0 Å². The minimum atomic E-state index is -0.272. The van der Waals surface area contributed by atoms with Crippen molar-refractivity contribution in [3.8, 4) is 0 Å². The van der Waals surface area contributed by atoms with Gasteiger partial charge < -0.3 is 9.80 Å². The second kappa shape index (κ2) is 8.04. The van der Waals surface area contributed by atoms with Gasteiger partial charge in [0, 0.05) is 24.4 Å². The van der Waals surface area contributed by atoms with Gasteiger partial charge in [-0.2, -0.15) is 0 Å². The zero-order valence-corrected chi connectivity index (χ0v) is 14.8. The number of hydrogen-bond donors (Lipinski definition) is 0. The number of amides is 2. The number of carbonyl (C=O) groups excluding carboxylic acids is 2. The molecule has 22 heavy (non-hydrogen) atoms. The van der Waals surface area contributed by atoms with E-state index in [9.17, 15) is 9.59 Å². The summed E-state index contributed by atoms with van der Waals surface area (Å²) in [5.74, 6) is 2.23. The van der Waals surface area contributed by atoms with E-state index in [0.717, 1.165) is 43.7 Å². The van der Waals surface area contributed by atoms with Crippen LogP contribution in [0.5, 0.6) is 0 Å². The van der Waals surface area contributed by atoms with Crippen molar-refractivity contribution in [3.05, 3.63) is 11.6 Å². The van der Waals surface area contributed by atoms with E-state index in [1.807, 2.05) is 24.8 Å². The van der Waals surface area contributed by atoms with Crippen LogP contribution in [0.25, 0.3) is 0 Å². The Morgan fingerprint density at radius 3 is 2.77 bits per heavy atom. The van der Waals surface area contributed by atoms with Gasteiger partial charge in [-0.3, -0.25) is 9.59 Å². The highest BCUT2D eigenvalue weighted by atomic mass is 32.2. The van der Waals surface area contributed by atoms with Gasteiger partial charge in [0.1, 0.15) is 6.04 Å². The van der Waals surface area contributed by atoms with Gasteiger partial charge in [-0.1, -0.05) is 19.9 Å². The summed E-state index contributed by atoms with van der Waals surface area (Å²) in [6, 6.07) is -0.272. The monoisotopic (exact) mass is 324 g/mol. The SMILES string of the molecule is CCC=C(C)C(=O)N1CSCC1C(=O)N1CCCC(C)CC1. The van der Waals surface area contributed by atoms with Crippen molar-refractivity contribution in [2.45, 2.75) is 52.5 Å². The normalized spacial score (nSPS) is 27.0. The molecule has 2 unspecified atom stereocenters. The molecular formula is C17H28N2O2S. The lowest BCUT2D eigenvalue weighted by Gasteiger charge is -2.29. The number of carbonyl (C=O) groups is 2. The second-order valence-electron chi connectivity index (χ2n) is 6.45. The summed E-state index contributed by atoms with van der Waals surface area (Å²) in [5, 5.41) is 0. The standard InChI is InChI=1S/C17H28N2O2S/c1-4-6-14(3)16(20)19-12-22-11-15(19)17(21)18-9-5-7-13(2)8-10-18/h6,13,15H,4-5,7-12H2,1-3H3. The molecule has 2 heterocycles. The van der Waals surface area contributed by atoms with E-state index in [4.69, 9.17) is 0 Å². The first-order valence-electron chi connectivity index (χ1n) is 8.38. The third-order valence-corrected chi connectivity index (χ3v) is 5.62. The molecule has 2 aliphatic rings. The van der Waals surface area contributed by atoms with E-state index < -0.39 is 0 Å². The fraction of sp³-hybridized carbons (Fsp3) is 0.765. The molecule has 2 atom stereocenters. The second-order valence-corrected chi connectivity index (χ2v) is 7.45. The molecule has 0 aromatic rings. The van der Waals surface area contributed by atoms with E-state index >= 15 is 0 Å². The molecule has 0 spiro atoms. The average Bonchev–Trinajstić information content (AvgIpc) is 2.88. The molecule has 2 rings (SSSR count). The van der Waals surface area contributed by atoms with Crippen LogP contribution in [0.1, 0.15) is 46.5 Å². The molecule has 5 heteroatoms. The van der Waals surface area contributed by atoms with E-state index in [-0.39, 0.29) is 17.9 Å². The first kappa shape index (κ1) is 17.4. The topological polar surface area (TPSA) is 40.6 Å². The highest BCUT2D eigenvalue weighted by molar-refractivity contribution is 7.99. The summed E-state index contributed by atoms with van der Waals surface area (Å²) in [6.45, 7) is 7.82. The number of thioether (sulfide) groups is 1. The summed E-state index contributed by atoms with van der Waals surface area (Å²) in [4.78, 5) is 29.1. The van der Waals surface area contributed by atoms with Gasteiger partial charge in [-0.15, -0.1) is 11.8 Å². The maximum Gasteiger partial charge on any atom is 0.250 e. The Kier molecular flexibility index (Phi) is 6.36. The Balaban J connectivity index is 2.04. The lowest BCUT2D eigenvalue weighted by molar-refractivity contribution is -0.141. The number of hydrogen-bond acceptors (Lipinski definition) is 3. The van der Waals surface area contributed by atoms with Crippen LogP contribution in [-0.2, 0) is 9.59 Å². The number of rotatable bonds is 3. The van der Waals surface area contributed by atoms with Crippen molar-refractivity contribution in [3.63, 3.8) is 0 Å². The Morgan fingerprint density at radius 2 is 2.05 bits per heavy atom. The molecule has 2 fully saturated rings. The highest BCUT2D eigenvalue weighted by Crippen LogP contribution is 2.26. The van der Waals surface area contributed by atoms with E-state index in [1.54, 1.807) is 16.7 Å². The minimum Gasteiger partial charge on any atom is -0.341 e. The Hall–Kier alpha value is -0.970. The van der Waals surface area contributed by atoms with E-state index in [1.165, 1.54) is 6.42 Å². The summed E-state index contributed by atoms with van der Waals surface area (Å²) in [7, 11) is 0. The molecule has 2 saturated heterocycles. The maximum absolute atomic E-state index is 12.9. The third-order valence-electron chi connectivity index (χ3n) is 4.60. The van der Waals surface area contributed by atoms with Crippen LogP contribution >= 0.6 is 11.8 Å². The highest BCUT2D eigenvalue weighted by Gasteiger charge is 2.37. The molecule has 0 bridgehead atoms. The zero-order chi connectivity index (χ0) is 16.1. The molecule has 0 aromatic carbocycles. The predicted octanol–water partition coefficient (Wildman–Crippen LogP) is 2.89. The van der Waals surface area contributed by atoms with Gasteiger partial charge in [-0.25, -0.2) is 0 Å². The molecule has 0 radical (unpaired) electrons. The molecule has 0 saturated carbocycles. The number of allylic oxidation sites excluding steroid dienone is 1. The smallest absolute Gasteiger partial charge is 0.250 e. The van der Waals surface area contributed by atoms with Crippen LogP contribution in [-0.4, -0.2) is 52.4 Å². The molecule has 0 aromatic heterocycles. The van der Waals surface area contributed by atoms with Crippen molar-refractivity contribution in [2.75, 3.05) is 24.7 Å². The average molecular weight is 324 g/mol. The van der Waals surface area contributed by atoms with Crippen LogP contribution in [0, 0.1) is 5.92 Å². The maximum atomic E-state index is 12.9. The zero-order valence-electron chi connectivity index (χ0n) is 14.0. The molecule has 2 amide bonds. The fourth-order valence-corrected chi connectivity index (χ4v) is 4.31. The molecule has 2 aliphatic heterocycles. The summed E-state index contributed by atoms with van der Waals surface area (Å²) in [5.41, 5.74) is 0.757.